The van der Waals surface area contributed by atoms with Gasteiger partial charge in [-0.15, -0.1) is 5.16 Å². The third-order valence-corrected chi connectivity index (χ3v) is 8.10. The van der Waals surface area contributed by atoms with Crippen molar-refractivity contribution >= 4 is 6.72 Å². The molecule has 0 aliphatic heterocycles. The van der Waals surface area contributed by atoms with Gasteiger partial charge >= 0.3 is 0 Å². The quantitative estimate of drug-likeness (QED) is 0.0349. The fourth-order valence-electron chi connectivity index (χ4n) is 5.36. The Labute approximate surface area is 252 Å². The highest BCUT2D eigenvalue weighted by Gasteiger charge is 2.09. The first-order valence-electron chi connectivity index (χ1n) is 17.8. The van der Waals surface area contributed by atoms with E-state index in [4.69, 9.17) is 4.84 Å². The van der Waals surface area contributed by atoms with Crippen molar-refractivity contribution in [1.29, 1.82) is 0 Å². The molecule has 234 valence electrons. The molecule has 0 heterocycles. The van der Waals surface area contributed by atoms with Gasteiger partial charge in [0.2, 0.25) is 0 Å². The summed E-state index contributed by atoms with van der Waals surface area (Å²) in [4.78, 5) is 5.59. The summed E-state index contributed by atoms with van der Waals surface area (Å²) in [6, 6.07) is 0. The summed E-state index contributed by atoms with van der Waals surface area (Å²) in [6.45, 7) is 10.5. The molecule has 2 atom stereocenters. The van der Waals surface area contributed by atoms with Gasteiger partial charge in [-0.25, -0.2) is 0 Å². The number of rotatable bonds is 32. The Bertz CT molecular complexity index is 578. The van der Waals surface area contributed by atoms with Gasteiger partial charge in [0, 0.05) is 6.72 Å². The lowest BCUT2D eigenvalue weighted by atomic mass is 9.98. The third kappa shape index (κ3) is 31.2. The summed E-state index contributed by atoms with van der Waals surface area (Å²) in [7, 11) is 0. The lowest BCUT2D eigenvalue weighted by Crippen LogP contribution is -2.09. The second-order valence-corrected chi connectivity index (χ2v) is 12.2. The summed E-state index contributed by atoms with van der Waals surface area (Å²) in [5, 5.41) is 3.76. The molecule has 0 aliphatic carbocycles. The van der Waals surface area contributed by atoms with Gasteiger partial charge in [0.25, 0.3) is 0 Å². The number of hydrogen-bond acceptors (Lipinski definition) is 2. The highest BCUT2D eigenvalue weighted by molar-refractivity contribution is 5.21. The van der Waals surface area contributed by atoms with Crippen LogP contribution in [0.3, 0.4) is 0 Å². The maximum Gasteiger partial charge on any atom is 0.127 e. The zero-order chi connectivity index (χ0) is 29.2. The predicted molar refractivity (Wildman–Crippen MR) is 182 cm³/mol. The third-order valence-electron chi connectivity index (χ3n) is 8.10. The van der Waals surface area contributed by atoms with Gasteiger partial charge in [-0.1, -0.05) is 147 Å². The molecule has 0 rings (SSSR count). The van der Waals surface area contributed by atoms with E-state index >= 15 is 0 Å². The lowest BCUT2D eigenvalue weighted by molar-refractivity contribution is 0.0449. The summed E-state index contributed by atoms with van der Waals surface area (Å²) in [6.07, 6.45) is 48.5. The van der Waals surface area contributed by atoms with Crippen molar-refractivity contribution < 1.29 is 4.84 Å². The first-order valence-corrected chi connectivity index (χ1v) is 17.8. The zero-order valence-electron chi connectivity index (χ0n) is 27.6. The number of oxime groups is 1. The Morgan fingerprint density at radius 1 is 0.525 bits per heavy atom. The van der Waals surface area contributed by atoms with Crippen LogP contribution in [0, 0.1) is 5.92 Å². The van der Waals surface area contributed by atoms with Crippen molar-refractivity contribution in [2.75, 3.05) is 0 Å². The highest BCUT2D eigenvalue weighted by atomic mass is 16.6. The molecule has 0 aromatic rings. The summed E-state index contributed by atoms with van der Waals surface area (Å²) >= 11 is 0. The summed E-state index contributed by atoms with van der Waals surface area (Å²) < 4.78 is 0. The van der Waals surface area contributed by atoms with Crippen LogP contribution in [0.15, 0.2) is 41.6 Å². The molecule has 0 saturated heterocycles. The van der Waals surface area contributed by atoms with E-state index in [1.807, 2.05) is 0 Å². The maximum atomic E-state index is 5.59. The molecule has 0 saturated carbocycles. The minimum absolute atomic E-state index is 0.277. The van der Waals surface area contributed by atoms with E-state index in [2.05, 4.69) is 69.1 Å². The summed E-state index contributed by atoms with van der Waals surface area (Å²) in [5.74, 6) is 0.839. The van der Waals surface area contributed by atoms with Crippen LogP contribution in [0.4, 0.5) is 0 Å². The molecule has 0 aliphatic rings. The Kier molecular flexibility index (Phi) is 32.8. The molecule has 0 amide bonds. The molecule has 0 bridgehead atoms. The van der Waals surface area contributed by atoms with Crippen molar-refractivity contribution in [1.82, 2.24) is 0 Å². The molecule has 0 aromatic heterocycles. The van der Waals surface area contributed by atoms with E-state index in [-0.39, 0.29) is 6.10 Å². The van der Waals surface area contributed by atoms with Gasteiger partial charge in [0.15, 0.2) is 0 Å². The van der Waals surface area contributed by atoms with Crippen LogP contribution >= 0.6 is 0 Å². The Hall–Kier alpha value is -1.31. The maximum absolute atomic E-state index is 5.59. The normalized spacial score (nSPS) is 13.6. The molecular weight excluding hydrogens is 486 g/mol. The standard InChI is InChI=1S/C38H71NO/c1-5-7-9-11-13-14-15-16-17-18-19-20-21-22-27-31-35-38(40-39-4)36-32-28-24-23-26-30-34-37(3)33-29-25-12-10-8-6-2/h13-14,16-17,25,29,37-38H,4-12,15,18-24,26-28,30-36H2,1-3H3/b14-13-,17-16-,29-25-. The SMILES string of the molecule is C=NOC(CCCCCCCC/C=C\C/C=C\CCCCC)CCCCCCCCC(C)C/C=C\CCCCC. The molecule has 2 unspecified atom stereocenters. The average Bonchev–Trinajstić information content (AvgIpc) is 2.95. The van der Waals surface area contributed by atoms with Gasteiger partial charge in [-0.2, -0.15) is 0 Å². The molecule has 2 nitrogen and oxygen atoms in total. The Balaban J connectivity index is 3.56. The first kappa shape index (κ1) is 38.7. The fourth-order valence-corrected chi connectivity index (χ4v) is 5.36. The van der Waals surface area contributed by atoms with Crippen molar-refractivity contribution in [3.05, 3.63) is 36.5 Å². The van der Waals surface area contributed by atoms with E-state index in [0.29, 0.717) is 0 Å². The van der Waals surface area contributed by atoms with Crippen LogP contribution in [-0.4, -0.2) is 12.8 Å². The van der Waals surface area contributed by atoms with Gasteiger partial charge in [0.1, 0.15) is 6.10 Å². The van der Waals surface area contributed by atoms with E-state index in [9.17, 15) is 0 Å². The van der Waals surface area contributed by atoms with Gasteiger partial charge in [0.05, 0.1) is 0 Å². The van der Waals surface area contributed by atoms with Gasteiger partial charge in [-0.05, 0) is 83.0 Å². The van der Waals surface area contributed by atoms with Gasteiger partial charge in [-0.3, -0.25) is 0 Å². The topological polar surface area (TPSA) is 21.6 Å². The smallest absolute Gasteiger partial charge is 0.127 e. The molecule has 0 N–H and O–H groups in total. The molecule has 0 radical (unpaired) electrons. The monoisotopic (exact) mass is 558 g/mol. The van der Waals surface area contributed by atoms with Crippen molar-refractivity contribution in [3.8, 4) is 0 Å². The number of unbranched alkanes of at least 4 members (excludes halogenated alkanes) is 17. The van der Waals surface area contributed by atoms with E-state index in [0.717, 1.165) is 25.2 Å². The van der Waals surface area contributed by atoms with Crippen LogP contribution in [0.5, 0.6) is 0 Å². The molecule has 0 aromatic carbocycles. The number of allylic oxidation sites excluding steroid dienone is 6. The van der Waals surface area contributed by atoms with Crippen LogP contribution < -0.4 is 0 Å². The Morgan fingerprint density at radius 2 is 0.950 bits per heavy atom. The number of hydrogen-bond donors (Lipinski definition) is 0. The van der Waals surface area contributed by atoms with E-state index < -0.39 is 0 Å². The molecule has 0 spiro atoms. The first-order chi connectivity index (χ1) is 19.7. The Morgan fingerprint density at radius 3 is 1.45 bits per heavy atom. The highest BCUT2D eigenvalue weighted by Crippen LogP contribution is 2.19. The minimum atomic E-state index is 0.277. The van der Waals surface area contributed by atoms with E-state index in [1.54, 1.807) is 0 Å². The van der Waals surface area contributed by atoms with Gasteiger partial charge < -0.3 is 4.84 Å². The van der Waals surface area contributed by atoms with Crippen LogP contribution in [0.25, 0.3) is 0 Å². The second-order valence-electron chi connectivity index (χ2n) is 12.2. The van der Waals surface area contributed by atoms with E-state index in [1.165, 1.54) is 148 Å². The largest absolute Gasteiger partial charge is 0.393 e. The van der Waals surface area contributed by atoms with Crippen molar-refractivity contribution in [2.45, 2.75) is 194 Å². The molecule has 40 heavy (non-hydrogen) atoms. The van der Waals surface area contributed by atoms with Crippen molar-refractivity contribution in [3.63, 3.8) is 0 Å². The number of nitrogens with zero attached hydrogens (tertiary/aromatic N) is 1. The van der Waals surface area contributed by atoms with Crippen LogP contribution in [0.1, 0.15) is 188 Å². The molecular formula is C38H71NO. The fraction of sp³-hybridized carbons (Fsp3) is 0.816. The molecule has 2 heteroatoms. The minimum Gasteiger partial charge on any atom is -0.393 e. The zero-order valence-corrected chi connectivity index (χ0v) is 27.6. The average molecular weight is 558 g/mol. The van der Waals surface area contributed by atoms with Crippen LogP contribution in [-0.2, 0) is 4.84 Å². The second kappa shape index (κ2) is 33.9. The molecule has 0 fully saturated rings. The van der Waals surface area contributed by atoms with Crippen LogP contribution in [0.2, 0.25) is 0 Å². The lowest BCUT2D eigenvalue weighted by Gasteiger charge is -2.14. The predicted octanol–water partition coefficient (Wildman–Crippen LogP) is 13.5. The van der Waals surface area contributed by atoms with Crippen molar-refractivity contribution in [2.24, 2.45) is 11.1 Å². The summed E-state index contributed by atoms with van der Waals surface area (Å²) in [5.41, 5.74) is 0.